The van der Waals surface area contributed by atoms with Crippen LogP contribution < -0.4 is 0 Å². The third-order valence-corrected chi connectivity index (χ3v) is 5.47. The fourth-order valence-corrected chi connectivity index (χ4v) is 4.41. The first-order valence-electron chi connectivity index (χ1n) is 8.80. The molecule has 2 nitrogen and oxygen atoms in total. The summed E-state index contributed by atoms with van der Waals surface area (Å²) in [6, 6.07) is 11.7. The van der Waals surface area contributed by atoms with Crippen LogP contribution in [0.1, 0.15) is 63.3 Å². The molecule has 1 aliphatic rings. The average molecular weight is 324 g/mol. The SMILES string of the molecule is CC(C)Cc1cc2c(cc1O)C(C)(c1ccc(O)cc1)CC2(C)C. The van der Waals surface area contributed by atoms with Crippen molar-refractivity contribution in [3.8, 4) is 11.5 Å². The highest BCUT2D eigenvalue weighted by atomic mass is 16.3. The lowest BCUT2D eigenvalue weighted by atomic mass is 9.75. The molecule has 0 bridgehead atoms. The molecule has 24 heavy (non-hydrogen) atoms. The third-order valence-electron chi connectivity index (χ3n) is 5.47. The minimum atomic E-state index is -0.152. The van der Waals surface area contributed by atoms with Crippen molar-refractivity contribution in [2.75, 3.05) is 0 Å². The number of hydrogen-bond acceptors (Lipinski definition) is 2. The van der Waals surface area contributed by atoms with E-state index in [1.54, 1.807) is 12.1 Å². The van der Waals surface area contributed by atoms with Crippen molar-refractivity contribution in [3.63, 3.8) is 0 Å². The summed E-state index contributed by atoms with van der Waals surface area (Å²) < 4.78 is 0. The van der Waals surface area contributed by atoms with Crippen LogP contribution in [0, 0.1) is 5.92 Å². The van der Waals surface area contributed by atoms with Gasteiger partial charge in [-0.05, 0) is 64.6 Å². The van der Waals surface area contributed by atoms with Gasteiger partial charge >= 0.3 is 0 Å². The Balaban J connectivity index is 2.16. The number of fused-ring (bicyclic) bond motifs is 1. The van der Waals surface area contributed by atoms with Crippen molar-refractivity contribution in [3.05, 3.63) is 58.7 Å². The van der Waals surface area contributed by atoms with E-state index in [9.17, 15) is 10.2 Å². The van der Waals surface area contributed by atoms with Crippen LogP contribution in [0.3, 0.4) is 0 Å². The average Bonchev–Trinajstić information content (AvgIpc) is 2.67. The topological polar surface area (TPSA) is 40.5 Å². The van der Waals surface area contributed by atoms with Crippen LogP contribution in [0.15, 0.2) is 36.4 Å². The fourth-order valence-electron chi connectivity index (χ4n) is 4.41. The molecule has 0 heterocycles. The predicted molar refractivity (Wildman–Crippen MR) is 98.9 cm³/mol. The Kier molecular flexibility index (Phi) is 3.90. The molecule has 1 unspecified atom stereocenters. The maximum absolute atomic E-state index is 10.6. The van der Waals surface area contributed by atoms with E-state index in [0.717, 1.165) is 18.4 Å². The molecule has 0 saturated heterocycles. The predicted octanol–water partition coefficient (Wildman–Crippen LogP) is 5.28. The largest absolute Gasteiger partial charge is 0.508 e. The second-order valence-corrected chi connectivity index (χ2v) is 8.56. The highest BCUT2D eigenvalue weighted by molar-refractivity contribution is 5.56. The molecule has 2 aromatic carbocycles. The van der Waals surface area contributed by atoms with E-state index in [2.05, 4.69) is 40.7 Å². The molecule has 1 aliphatic carbocycles. The van der Waals surface area contributed by atoms with Crippen molar-refractivity contribution in [1.82, 2.24) is 0 Å². The summed E-state index contributed by atoms with van der Waals surface area (Å²) >= 11 is 0. The molecule has 3 rings (SSSR count). The number of aromatic hydroxyl groups is 2. The maximum atomic E-state index is 10.6. The van der Waals surface area contributed by atoms with E-state index < -0.39 is 0 Å². The van der Waals surface area contributed by atoms with Crippen LogP contribution in [-0.4, -0.2) is 10.2 Å². The smallest absolute Gasteiger partial charge is 0.119 e. The highest BCUT2D eigenvalue weighted by Crippen LogP contribution is 2.54. The number of phenolic OH excluding ortho intramolecular Hbond substituents is 2. The Morgan fingerprint density at radius 1 is 0.958 bits per heavy atom. The lowest BCUT2D eigenvalue weighted by Gasteiger charge is -2.28. The zero-order valence-corrected chi connectivity index (χ0v) is 15.4. The summed E-state index contributed by atoms with van der Waals surface area (Å²) in [5.41, 5.74) is 4.69. The van der Waals surface area contributed by atoms with Gasteiger partial charge in [0.1, 0.15) is 11.5 Å². The lowest BCUT2D eigenvalue weighted by molar-refractivity contribution is 0.423. The van der Waals surface area contributed by atoms with Gasteiger partial charge in [0.2, 0.25) is 0 Å². The van der Waals surface area contributed by atoms with Crippen LogP contribution in [0.25, 0.3) is 0 Å². The van der Waals surface area contributed by atoms with Crippen LogP contribution >= 0.6 is 0 Å². The van der Waals surface area contributed by atoms with Gasteiger partial charge < -0.3 is 10.2 Å². The molecule has 2 heteroatoms. The number of rotatable bonds is 3. The van der Waals surface area contributed by atoms with Crippen molar-refractivity contribution in [2.45, 2.75) is 58.3 Å². The quantitative estimate of drug-likeness (QED) is 0.806. The van der Waals surface area contributed by atoms with E-state index in [0.29, 0.717) is 11.7 Å². The summed E-state index contributed by atoms with van der Waals surface area (Å²) in [4.78, 5) is 0. The standard InChI is InChI=1S/C22H28O2/c1-14(2)10-15-11-18-19(12-20(15)24)22(5,13-21(18,3)4)16-6-8-17(23)9-7-16/h6-9,11-12,14,23-24H,10,13H2,1-5H3. The summed E-state index contributed by atoms with van der Waals surface area (Å²) in [5, 5.41) is 20.2. The molecule has 0 spiro atoms. The molecule has 0 fully saturated rings. The monoisotopic (exact) mass is 324 g/mol. The first kappa shape index (κ1) is 16.9. The Morgan fingerprint density at radius 2 is 1.58 bits per heavy atom. The Labute approximate surface area is 145 Å². The van der Waals surface area contributed by atoms with Gasteiger partial charge in [0.05, 0.1) is 0 Å². The van der Waals surface area contributed by atoms with Crippen LogP contribution in [0.2, 0.25) is 0 Å². The minimum Gasteiger partial charge on any atom is -0.508 e. The molecule has 2 N–H and O–H groups in total. The van der Waals surface area contributed by atoms with Gasteiger partial charge in [0.25, 0.3) is 0 Å². The molecule has 0 aromatic heterocycles. The molecule has 128 valence electrons. The van der Waals surface area contributed by atoms with Gasteiger partial charge in [-0.15, -0.1) is 0 Å². The van der Waals surface area contributed by atoms with Gasteiger partial charge in [0.15, 0.2) is 0 Å². The first-order chi connectivity index (χ1) is 11.1. The zero-order chi connectivity index (χ0) is 17.7. The van der Waals surface area contributed by atoms with E-state index in [-0.39, 0.29) is 16.6 Å². The van der Waals surface area contributed by atoms with Crippen LogP contribution in [0.5, 0.6) is 11.5 Å². The fraction of sp³-hybridized carbons (Fsp3) is 0.455. The van der Waals surface area contributed by atoms with Crippen molar-refractivity contribution >= 4 is 0 Å². The Hall–Kier alpha value is -1.96. The van der Waals surface area contributed by atoms with E-state index >= 15 is 0 Å². The Bertz CT molecular complexity index is 756. The lowest BCUT2D eigenvalue weighted by Crippen LogP contribution is -2.23. The number of phenols is 2. The van der Waals surface area contributed by atoms with Gasteiger partial charge in [-0.1, -0.05) is 52.8 Å². The third kappa shape index (κ3) is 2.68. The highest BCUT2D eigenvalue weighted by Gasteiger charge is 2.46. The zero-order valence-electron chi connectivity index (χ0n) is 15.4. The van der Waals surface area contributed by atoms with Crippen LogP contribution in [-0.2, 0) is 17.3 Å². The van der Waals surface area contributed by atoms with Crippen molar-refractivity contribution in [2.24, 2.45) is 5.92 Å². The number of benzene rings is 2. The molecule has 1 atom stereocenters. The molecular formula is C22H28O2. The van der Waals surface area contributed by atoms with Crippen LogP contribution in [0.4, 0.5) is 0 Å². The van der Waals surface area contributed by atoms with Crippen molar-refractivity contribution in [1.29, 1.82) is 0 Å². The molecule has 0 saturated carbocycles. The summed E-state index contributed by atoms with van der Waals surface area (Å²) in [5.74, 6) is 1.21. The van der Waals surface area contributed by atoms with Gasteiger partial charge in [0, 0.05) is 5.41 Å². The Morgan fingerprint density at radius 3 is 2.17 bits per heavy atom. The molecular weight excluding hydrogens is 296 g/mol. The minimum absolute atomic E-state index is 0.0569. The molecule has 0 radical (unpaired) electrons. The summed E-state index contributed by atoms with van der Waals surface area (Å²) in [6.45, 7) is 11.2. The van der Waals surface area contributed by atoms with Crippen molar-refractivity contribution < 1.29 is 10.2 Å². The van der Waals surface area contributed by atoms with Gasteiger partial charge in [-0.2, -0.15) is 0 Å². The second-order valence-electron chi connectivity index (χ2n) is 8.56. The van der Waals surface area contributed by atoms with Gasteiger partial charge in [-0.25, -0.2) is 0 Å². The summed E-state index contributed by atoms with van der Waals surface area (Å²) in [6.07, 6.45) is 1.88. The normalized spacial score (nSPS) is 21.9. The second kappa shape index (κ2) is 5.54. The van der Waals surface area contributed by atoms with E-state index in [4.69, 9.17) is 0 Å². The van der Waals surface area contributed by atoms with E-state index in [1.165, 1.54) is 16.7 Å². The molecule has 2 aromatic rings. The van der Waals surface area contributed by atoms with E-state index in [1.807, 2.05) is 18.2 Å². The first-order valence-corrected chi connectivity index (χ1v) is 8.80. The van der Waals surface area contributed by atoms with Gasteiger partial charge in [-0.3, -0.25) is 0 Å². The molecule has 0 aliphatic heterocycles. The molecule has 0 amide bonds. The summed E-state index contributed by atoms with van der Waals surface area (Å²) in [7, 11) is 0. The number of hydrogen-bond donors (Lipinski definition) is 2. The maximum Gasteiger partial charge on any atom is 0.119 e.